The molecule has 0 saturated carbocycles. The number of nitrogens with zero attached hydrogens (tertiary/aromatic N) is 2. The van der Waals surface area contributed by atoms with E-state index in [0.29, 0.717) is 22.0 Å². The fourth-order valence-corrected chi connectivity index (χ4v) is 2.16. The van der Waals surface area contributed by atoms with E-state index in [9.17, 15) is 4.79 Å². The topological polar surface area (TPSA) is 60.9 Å². The fourth-order valence-electron chi connectivity index (χ4n) is 1.94. The number of ketones is 1. The molecule has 0 saturated heterocycles. The van der Waals surface area contributed by atoms with Gasteiger partial charge in [-0.05, 0) is 32.9 Å². The molecule has 0 spiro atoms. The molecule has 0 aliphatic heterocycles. The Balaban J connectivity index is 2.56. The molecule has 100 valence electrons. The van der Waals surface area contributed by atoms with Crippen LogP contribution in [0.25, 0.3) is 0 Å². The van der Waals surface area contributed by atoms with Gasteiger partial charge in [0.15, 0.2) is 0 Å². The van der Waals surface area contributed by atoms with E-state index in [4.69, 9.17) is 17.3 Å². The Morgan fingerprint density at radius 3 is 2.74 bits per heavy atom. The monoisotopic (exact) mass is 277 g/mol. The highest BCUT2D eigenvalue weighted by Gasteiger charge is 2.22. The lowest BCUT2D eigenvalue weighted by Gasteiger charge is -2.12. The van der Waals surface area contributed by atoms with E-state index in [1.165, 1.54) is 6.20 Å². The predicted molar refractivity (Wildman–Crippen MR) is 76.6 cm³/mol. The Labute approximate surface area is 117 Å². The molecule has 0 aliphatic rings. The summed E-state index contributed by atoms with van der Waals surface area (Å²) in [5.41, 5.74) is 8.15. The Kier molecular flexibility index (Phi) is 3.62. The van der Waals surface area contributed by atoms with Crippen molar-refractivity contribution in [3.63, 3.8) is 0 Å². The normalized spacial score (nSPS) is 11.0. The minimum atomic E-state index is -0.197. The zero-order valence-corrected chi connectivity index (χ0v) is 11.9. The minimum Gasteiger partial charge on any atom is -0.398 e. The molecule has 0 radical (unpaired) electrons. The Morgan fingerprint density at radius 2 is 2.11 bits per heavy atom. The summed E-state index contributed by atoms with van der Waals surface area (Å²) >= 11 is 6.08. The van der Waals surface area contributed by atoms with Crippen molar-refractivity contribution >= 4 is 23.1 Å². The molecule has 0 fully saturated rings. The number of hydrogen-bond acceptors (Lipinski definition) is 3. The van der Waals surface area contributed by atoms with Crippen LogP contribution in [0.2, 0.25) is 5.02 Å². The first-order valence-corrected chi connectivity index (χ1v) is 6.43. The standard InChI is InChI=1S/C14H16ClN3O/c1-8(2)18-13(11(15)7-17-18)14(19)10-6-9(3)4-5-12(10)16/h4-8H,16H2,1-3H3. The molecule has 0 amide bonds. The van der Waals surface area contributed by atoms with E-state index in [-0.39, 0.29) is 11.8 Å². The Morgan fingerprint density at radius 1 is 1.42 bits per heavy atom. The summed E-state index contributed by atoms with van der Waals surface area (Å²) in [7, 11) is 0. The van der Waals surface area contributed by atoms with Crippen molar-refractivity contribution in [2.24, 2.45) is 0 Å². The number of anilines is 1. The molecule has 2 N–H and O–H groups in total. The average Bonchev–Trinajstić information content (AvgIpc) is 2.73. The van der Waals surface area contributed by atoms with Gasteiger partial charge in [-0.1, -0.05) is 23.2 Å². The molecule has 0 unspecified atom stereocenters. The third-order valence-electron chi connectivity index (χ3n) is 2.91. The van der Waals surface area contributed by atoms with Crippen molar-refractivity contribution in [3.05, 3.63) is 46.2 Å². The number of carbonyl (C=O) groups is 1. The number of nitrogen functional groups attached to an aromatic ring is 1. The van der Waals surface area contributed by atoms with E-state index in [1.807, 2.05) is 26.8 Å². The molecular formula is C14H16ClN3O. The van der Waals surface area contributed by atoms with Crippen LogP contribution in [0.15, 0.2) is 24.4 Å². The van der Waals surface area contributed by atoms with Gasteiger partial charge in [0.25, 0.3) is 0 Å². The summed E-state index contributed by atoms with van der Waals surface area (Å²) in [4.78, 5) is 12.6. The quantitative estimate of drug-likeness (QED) is 0.692. The van der Waals surface area contributed by atoms with Crippen LogP contribution >= 0.6 is 11.6 Å². The number of nitrogens with two attached hydrogens (primary N) is 1. The van der Waals surface area contributed by atoms with E-state index < -0.39 is 0 Å². The van der Waals surface area contributed by atoms with Gasteiger partial charge in [0.1, 0.15) is 5.69 Å². The largest absolute Gasteiger partial charge is 0.398 e. The van der Waals surface area contributed by atoms with Crippen molar-refractivity contribution in [3.8, 4) is 0 Å². The van der Waals surface area contributed by atoms with Gasteiger partial charge in [-0.15, -0.1) is 0 Å². The number of halogens is 1. The van der Waals surface area contributed by atoms with Gasteiger partial charge in [0.05, 0.1) is 11.2 Å². The van der Waals surface area contributed by atoms with E-state index >= 15 is 0 Å². The van der Waals surface area contributed by atoms with Crippen molar-refractivity contribution in [2.45, 2.75) is 26.8 Å². The molecule has 1 aromatic carbocycles. The van der Waals surface area contributed by atoms with Crippen LogP contribution in [0.4, 0.5) is 5.69 Å². The number of aromatic nitrogens is 2. The summed E-state index contributed by atoms with van der Waals surface area (Å²) in [6.45, 7) is 5.80. The van der Waals surface area contributed by atoms with Crippen LogP contribution in [0.5, 0.6) is 0 Å². The van der Waals surface area contributed by atoms with Crippen LogP contribution in [-0.2, 0) is 0 Å². The van der Waals surface area contributed by atoms with Crippen molar-refractivity contribution in [2.75, 3.05) is 5.73 Å². The molecule has 19 heavy (non-hydrogen) atoms. The van der Waals surface area contributed by atoms with Gasteiger partial charge in [0, 0.05) is 17.3 Å². The fraction of sp³-hybridized carbons (Fsp3) is 0.286. The Bertz CT molecular complexity index is 632. The summed E-state index contributed by atoms with van der Waals surface area (Å²) in [6.07, 6.45) is 1.49. The molecule has 4 nitrogen and oxygen atoms in total. The molecule has 0 bridgehead atoms. The molecule has 2 rings (SSSR count). The van der Waals surface area contributed by atoms with Crippen LogP contribution in [0, 0.1) is 6.92 Å². The second kappa shape index (κ2) is 5.05. The lowest BCUT2D eigenvalue weighted by molar-refractivity contribution is 0.102. The third kappa shape index (κ3) is 2.49. The second-order valence-corrected chi connectivity index (χ2v) is 5.21. The van der Waals surface area contributed by atoms with Gasteiger partial charge in [-0.3, -0.25) is 9.48 Å². The zero-order chi connectivity index (χ0) is 14.2. The van der Waals surface area contributed by atoms with Crippen LogP contribution < -0.4 is 5.73 Å². The Hall–Kier alpha value is -1.81. The summed E-state index contributed by atoms with van der Waals surface area (Å²) in [6, 6.07) is 5.42. The predicted octanol–water partition coefficient (Wildman–Crippen LogP) is 3.24. The van der Waals surface area contributed by atoms with Gasteiger partial charge < -0.3 is 5.73 Å². The minimum absolute atomic E-state index is 0.0532. The van der Waals surface area contributed by atoms with Crippen molar-refractivity contribution < 1.29 is 4.79 Å². The van der Waals surface area contributed by atoms with Crippen LogP contribution in [0.1, 0.15) is 41.5 Å². The molecule has 1 aromatic heterocycles. The summed E-state index contributed by atoms with van der Waals surface area (Å²) in [5.74, 6) is -0.197. The van der Waals surface area contributed by atoms with Gasteiger partial charge in [0.2, 0.25) is 5.78 Å². The number of benzene rings is 1. The zero-order valence-electron chi connectivity index (χ0n) is 11.1. The van der Waals surface area contributed by atoms with E-state index in [2.05, 4.69) is 5.10 Å². The first-order chi connectivity index (χ1) is 8.91. The maximum absolute atomic E-state index is 12.6. The summed E-state index contributed by atoms with van der Waals surface area (Å²) in [5, 5.41) is 4.48. The first kappa shape index (κ1) is 13.6. The van der Waals surface area contributed by atoms with Crippen molar-refractivity contribution in [1.82, 2.24) is 9.78 Å². The van der Waals surface area contributed by atoms with E-state index in [1.54, 1.807) is 16.8 Å². The van der Waals surface area contributed by atoms with Gasteiger partial charge in [-0.2, -0.15) is 5.10 Å². The number of hydrogen-bond donors (Lipinski definition) is 1. The maximum atomic E-state index is 12.6. The lowest BCUT2D eigenvalue weighted by Crippen LogP contribution is -2.15. The molecule has 5 heteroatoms. The smallest absolute Gasteiger partial charge is 0.214 e. The van der Waals surface area contributed by atoms with Gasteiger partial charge in [-0.25, -0.2) is 0 Å². The maximum Gasteiger partial charge on any atom is 0.214 e. The molecule has 2 aromatic rings. The molecule has 0 aliphatic carbocycles. The molecule has 1 heterocycles. The highest BCUT2D eigenvalue weighted by atomic mass is 35.5. The number of aryl methyl sites for hydroxylation is 1. The number of rotatable bonds is 3. The molecular weight excluding hydrogens is 262 g/mol. The van der Waals surface area contributed by atoms with Crippen molar-refractivity contribution in [1.29, 1.82) is 0 Å². The highest BCUT2D eigenvalue weighted by molar-refractivity contribution is 6.34. The van der Waals surface area contributed by atoms with Crippen LogP contribution in [0.3, 0.4) is 0 Å². The first-order valence-electron chi connectivity index (χ1n) is 6.05. The van der Waals surface area contributed by atoms with E-state index in [0.717, 1.165) is 5.56 Å². The third-order valence-corrected chi connectivity index (χ3v) is 3.19. The number of carbonyl (C=O) groups excluding carboxylic acids is 1. The lowest BCUT2D eigenvalue weighted by atomic mass is 10.0. The van der Waals surface area contributed by atoms with Crippen LogP contribution in [-0.4, -0.2) is 15.6 Å². The highest BCUT2D eigenvalue weighted by Crippen LogP contribution is 2.25. The average molecular weight is 278 g/mol. The second-order valence-electron chi connectivity index (χ2n) is 4.80. The summed E-state index contributed by atoms with van der Waals surface area (Å²) < 4.78 is 1.62. The SMILES string of the molecule is Cc1ccc(N)c(C(=O)c2c(Cl)cnn2C(C)C)c1. The molecule has 0 atom stereocenters. The van der Waals surface area contributed by atoms with Gasteiger partial charge >= 0.3 is 0 Å².